The Hall–Kier alpha value is -1.59. The fourth-order valence-corrected chi connectivity index (χ4v) is 2.04. The van der Waals surface area contributed by atoms with E-state index in [0.29, 0.717) is 26.2 Å². The number of amides is 1. The van der Waals surface area contributed by atoms with Crippen molar-refractivity contribution in [3.63, 3.8) is 0 Å². The summed E-state index contributed by atoms with van der Waals surface area (Å²) in [7, 11) is 0. The number of benzene rings is 1. The maximum Gasteiger partial charge on any atom is 0.222 e. The van der Waals surface area contributed by atoms with E-state index in [0.717, 1.165) is 25.3 Å². The molecule has 1 aliphatic rings. The standard InChI is InChI=1S/C15H22N2O3/c18-15(11-14-12-16-8-10-20-14)17-7-4-9-19-13-5-2-1-3-6-13/h1-3,5-6,14,16H,4,7-12H2,(H,17,18). The van der Waals surface area contributed by atoms with Gasteiger partial charge in [0.25, 0.3) is 0 Å². The summed E-state index contributed by atoms with van der Waals surface area (Å²) >= 11 is 0. The minimum Gasteiger partial charge on any atom is -0.494 e. The first-order valence-electron chi connectivity index (χ1n) is 7.11. The highest BCUT2D eigenvalue weighted by atomic mass is 16.5. The highest BCUT2D eigenvalue weighted by Crippen LogP contribution is 2.08. The number of hydrogen-bond donors (Lipinski definition) is 2. The summed E-state index contributed by atoms with van der Waals surface area (Å²) in [5, 5.41) is 6.10. The van der Waals surface area contributed by atoms with Gasteiger partial charge in [-0.05, 0) is 18.6 Å². The first-order valence-corrected chi connectivity index (χ1v) is 7.11. The van der Waals surface area contributed by atoms with Gasteiger partial charge in [-0.25, -0.2) is 0 Å². The molecule has 20 heavy (non-hydrogen) atoms. The van der Waals surface area contributed by atoms with E-state index in [9.17, 15) is 4.79 Å². The van der Waals surface area contributed by atoms with Crippen molar-refractivity contribution < 1.29 is 14.3 Å². The second-order valence-corrected chi connectivity index (χ2v) is 4.77. The molecule has 1 saturated heterocycles. The van der Waals surface area contributed by atoms with Crippen LogP contribution in [0.3, 0.4) is 0 Å². The summed E-state index contributed by atoms with van der Waals surface area (Å²) in [6.07, 6.45) is 1.22. The Balaban J connectivity index is 1.51. The van der Waals surface area contributed by atoms with Crippen LogP contribution in [0.15, 0.2) is 30.3 Å². The lowest BCUT2D eigenvalue weighted by molar-refractivity contribution is -0.124. The van der Waals surface area contributed by atoms with Crippen LogP contribution in [-0.2, 0) is 9.53 Å². The van der Waals surface area contributed by atoms with Crippen LogP contribution in [0.5, 0.6) is 5.75 Å². The lowest BCUT2D eigenvalue weighted by Crippen LogP contribution is -2.41. The largest absolute Gasteiger partial charge is 0.494 e. The quantitative estimate of drug-likeness (QED) is 0.729. The van der Waals surface area contributed by atoms with Gasteiger partial charge >= 0.3 is 0 Å². The second-order valence-electron chi connectivity index (χ2n) is 4.77. The Kier molecular flexibility index (Phi) is 6.34. The third-order valence-electron chi connectivity index (χ3n) is 3.07. The van der Waals surface area contributed by atoms with Crippen LogP contribution < -0.4 is 15.4 Å². The van der Waals surface area contributed by atoms with E-state index in [-0.39, 0.29) is 12.0 Å². The molecule has 1 heterocycles. The van der Waals surface area contributed by atoms with Crippen molar-refractivity contribution in [2.75, 3.05) is 32.8 Å². The average molecular weight is 278 g/mol. The molecule has 1 aromatic rings. The van der Waals surface area contributed by atoms with E-state index in [1.54, 1.807) is 0 Å². The number of para-hydroxylation sites is 1. The molecule has 1 aliphatic heterocycles. The van der Waals surface area contributed by atoms with Gasteiger partial charge in [-0.1, -0.05) is 18.2 Å². The molecule has 1 aromatic carbocycles. The maximum atomic E-state index is 11.7. The van der Waals surface area contributed by atoms with Gasteiger partial charge in [0.05, 0.1) is 25.7 Å². The number of ether oxygens (including phenoxy) is 2. The van der Waals surface area contributed by atoms with E-state index in [1.165, 1.54) is 0 Å². The van der Waals surface area contributed by atoms with Crippen molar-refractivity contribution in [2.45, 2.75) is 18.9 Å². The predicted octanol–water partition coefficient (Wildman–Crippen LogP) is 0.950. The van der Waals surface area contributed by atoms with E-state index in [2.05, 4.69) is 10.6 Å². The molecule has 2 rings (SSSR count). The zero-order valence-electron chi connectivity index (χ0n) is 11.6. The van der Waals surface area contributed by atoms with Crippen molar-refractivity contribution in [3.8, 4) is 5.75 Å². The molecule has 0 aliphatic carbocycles. The number of nitrogens with one attached hydrogen (secondary N) is 2. The second kappa shape index (κ2) is 8.55. The molecule has 0 bridgehead atoms. The minimum absolute atomic E-state index is 0.00400. The summed E-state index contributed by atoms with van der Waals surface area (Å²) in [5.74, 6) is 0.902. The van der Waals surface area contributed by atoms with Crippen molar-refractivity contribution in [2.24, 2.45) is 0 Å². The summed E-state index contributed by atoms with van der Waals surface area (Å²) in [4.78, 5) is 11.7. The predicted molar refractivity (Wildman–Crippen MR) is 76.8 cm³/mol. The lowest BCUT2D eigenvalue weighted by atomic mass is 10.2. The Morgan fingerprint density at radius 1 is 1.40 bits per heavy atom. The number of morpholine rings is 1. The van der Waals surface area contributed by atoms with Gasteiger partial charge in [-0.3, -0.25) is 4.79 Å². The van der Waals surface area contributed by atoms with Crippen LogP contribution in [0.25, 0.3) is 0 Å². The summed E-state index contributed by atoms with van der Waals surface area (Å²) in [6.45, 7) is 3.54. The first-order chi connectivity index (χ1) is 9.84. The van der Waals surface area contributed by atoms with Gasteiger partial charge < -0.3 is 20.1 Å². The third-order valence-corrected chi connectivity index (χ3v) is 3.07. The van der Waals surface area contributed by atoms with Crippen molar-refractivity contribution in [1.29, 1.82) is 0 Å². The van der Waals surface area contributed by atoms with Gasteiger partial charge in [0.1, 0.15) is 5.75 Å². The van der Waals surface area contributed by atoms with Crippen LogP contribution in [-0.4, -0.2) is 44.9 Å². The number of carbonyl (C=O) groups excluding carboxylic acids is 1. The Morgan fingerprint density at radius 2 is 2.25 bits per heavy atom. The first kappa shape index (κ1) is 14.8. The van der Waals surface area contributed by atoms with Crippen molar-refractivity contribution in [1.82, 2.24) is 10.6 Å². The Morgan fingerprint density at radius 3 is 3.00 bits per heavy atom. The summed E-state index contributed by atoms with van der Waals surface area (Å²) in [6, 6.07) is 9.68. The molecule has 1 fully saturated rings. The zero-order chi connectivity index (χ0) is 14.0. The molecule has 0 radical (unpaired) electrons. The fraction of sp³-hybridized carbons (Fsp3) is 0.533. The van der Waals surface area contributed by atoms with Gasteiger partial charge in [0.2, 0.25) is 5.91 Å². The monoisotopic (exact) mass is 278 g/mol. The Bertz CT molecular complexity index is 391. The van der Waals surface area contributed by atoms with Crippen LogP contribution >= 0.6 is 0 Å². The van der Waals surface area contributed by atoms with Crippen molar-refractivity contribution in [3.05, 3.63) is 30.3 Å². The van der Waals surface area contributed by atoms with E-state index in [4.69, 9.17) is 9.47 Å². The molecule has 1 amide bonds. The third kappa shape index (κ3) is 5.59. The molecule has 0 spiro atoms. The molecule has 5 heteroatoms. The zero-order valence-corrected chi connectivity index (χ0v) is 11.6. The van der Waals surface area contributed by atoms with Crippen LogP contribution in [0.1, 0.15) is 12.8 Å². The molecular formula is C15H22N2O3. The van der Waals surface area contributed by atoms with E-state index in [1.807, 2.05) is 30.3 Å². The SMILES string of the molecule is O=C(CC1CNCCO1)NCCCOc1ccccc1. The van der Waals surface area contributed by atoms with Crippen LogP contribution in [0.2, 0.25) is 0 Å². The van der Waals surface area contributed by atoms with Gasteiger partial charge in [0.15, 0.2) is 0 Å². The molecule has 1 atom stereocenters. The molecule has 1 unspecified atom stereocenters. The van der Waals surface area contributed by atoms with Crippen LogP contribution in [0.4, 0.5) is 0 Å². The van der Waals surface area contributed by atoms with Gasteiger partial charge in [0, 0.05) is 19.6 Å². The smallest absolute Gasteiger partial charge is 0.222 e. The summed E-state index contributed by atoms with van der Waals surface area (Å²) < 4.78 is 11.0. The number of rotatable bonds is 7. The molecule has 5 nitrogen and oxygen atoms in total. The normalized spacial score (nSPS) is 18.5. The maximum absolute atomic E-state index is 11.7. The van der Waals surface area contributed by atoms with Gasteiger partial charge in [-0.15, -0.1) is 0 Å². The topological polar surface area (TPSA) is 59.6 Å². The van der Waals surface area contributed by atoms with E-state index >= 15 is 0 Å². The molecular weight excluding hydrogens is 256 g/mol. The fourth-order valence-electron chi connectivity index (χ4n) is 2.04. The number of carbonyl (C=O) groups is 1. The lowest BCUT2D eigenvalue weighted by Gasteiger charge is -2.23. The molecule has 110 valence electrons. The van der Waals surface area contributed by atoms with E-state index < -0.39 is 0 Å². The van der Waals surface area contributed by atoms with Gasteiger partial charge in [-0.2, -0.15) is 0 Å². The average Bonchev–Trinajstić information content (AvgIpc) is 2.49. The summed E-state index contributed by atoms with van der Waals surface area (Å²) in [5.41, 5.74) is 0. The highest BCUT2D eigenvalue weighted by molar-refractivity contribution is 5.76. The Labute approximate surface area is 119 Å². The molecule has 2 N–H and O–H groups in total. The highest BCUT2D eigenvalue weighted by Gasteiger charge is 2.16. The number of hydrogen-bond acceptors (Lipinski definition) is 4. The minimum atomic E-state index is 0.00400. The van der Waals surface area contributed by atoms with Crippen molar-refractivity contribution >= 4 is 5.91 Å². The molecule has 0 saturated carbocycles. The van der Waals surface area contributed by atoms with Crippen LogP contribution in [0, 0.1) is 0 Å². The molecule has 0 aromatic heterocycles.